The van der Waals surface area contributed by atoms with E-state index in [2.05, 4.69) is 15.8 Å². The quantitative estimate of drug-likeness (QED) is 0.416. The van der Waals surface area contributed by atoms with Gasteiger partial charge in [0.05, 0.1) is 19.4 Å². The first-order valence-corrected chi connectivity index (χ1v) is 8.34. The number of carbonyl (C=O) groups is 2. The van der Waals surface area contributed by atoms with Crippen molar-refractivity contribution in [3.8, 4) is 17.2 Å². The van der Waals surface area contributed by atoms with Gasteiger partial charge < -0.3 is 20.3 Å². The van der Waals surface area contributed by atoms with Gasteiger partial charge in [-0.3, -0.25) is 9.59 Å². The summed E-state index contributed by atoms with van der Waals surface area (Å²) in [5.41, 5.74) is 2.96. The minimum atomic E-state index is -0.527. The third-order valence-corrected chi connectivity index (χ3v) is 3.41. The summed E-state index contributed by atoms with van der Waals surface area (Å²) in [6.07, 6.45) is 2.12. The summed E-state index contributed by atoms with van der Waals surface area (Å²) in [4.78, 5) is 23.7. The lowest BCUT2D eigenvalue weighted by molar-refractivity contribution is -0.120. The maximum Gasteiger partial charge on any atom is 0.259 e. The van der Waals surface area contributed by atoms with Crippen molar-refractivity contribution in [2.75, 3.05) is 13.2 Å². The second-order valence-electron chi connectivity index (χ2n) is 5.59. The van der Waals surface area contributed by atoms with Crippen molar-refractivity contribution in [3.05, 3.63) is 53.6 Å². The van der Waals surface area contributed by atoms with Gasteiger partial charge >= 0.3 is 0 Å². The molecule has 0 bridgehead atoms. The molecule has 0 aliphatic rings. The van der Waals surface area contributed by atoms with E-state index in [0.717, 1.165) is 12.5 Å². The Hall–Kier alpha value is -3.55. The molecule has 27 heavy (non-hydrogen) atoms. The van der Waals surface area contributed by atoms with E-state index >= 15 is 0 Å². The van der Waals surface area contributed by atoms with E-state index in [1.165, 1.54) is 18.3 Å². The number of hydrogen-bond acceptors (Lipinski definition) is 6. The Morgan fingerprint density at radius 3 is 2.56 bits per heavy atom. The summed E-state index contributed by atoms with van der Waals surface area (Å²) >= 11 is 0. The molecule has 0 aromatic heterocycles. The summed E-state index contributed by atoms with van der Waals surface area (Å²) in [7, 11) is 0. The number of aromatic hydroxyl groups is 2. The van der Waals surface area contributed by atoms with Gasteiger partial charge in [-0.2, -0.15) is 5.10 Å². The minimum Gasteiger partial charge on any atom is -0.508 e. The standard InChI is InChI=1S/C19H21N3O5/c1-2-9-27-16-7-4-13(5-8-16)19(26)20-12-18(25)22-21-11-14-3-6-15(23)10-17(14)24/h3-8,10-11,23-24H,2,9,12H2,1H3,(H,20,26)(H,22,25)/b21-11+. The van der Waals surface area contributed by atoms with E-state index < -0.39 is 11.8 Å². The molecule has 4 N–H and O–H groups in total. The molecule has 2 aromatic rings. The number of hydrogen-bond donors (Lipinski definition) is 4. The predicted molar refractivity (Wildman–Crippen MR) is 100 cm³/mol. The highest BCUT2D eigenvalue weighted by molar-refractivity contribution is 5.96. The van der Waals surface area contributed by atoms with Crippen LogP contribution in [0.1, 0.15) is 29.3 Å². The van der Waals surface area contributed by atoms with Gasteiger partial charge in [-0.1, -0.05) is 6.92 Å². The molecule has 2 amide bonds. The van der Waals surface area contributed by atoms with Gasteiger partial charge in [0.25, 0.3) is 11.8 Å². The van der Waals surface area contributed by atoms with Crippen LogP contribution in [0.3, 0.4) is 0 Å². The molecule has 0 unspecified atom stereocenters. The monoisotopic (exact) mass is 371 g/mol. The first-order chi connectivity index (χ1) is 13.0. The van der Waals surface area contributed by atoms with Crippen LogP contribution in [0.15, 0.2) is 47.6 Å². The Morgan fingerprint density at radius 1 is 1.15 bits per heavy atom. The number of phenols is 2. The van der Waals surface area contributed by atoms with Gasteiger partial charge in [0.15, 0.2) is 0 Å². The minimum absolute atomic E-state index is 0.0821. The third kappa shape index (κ3) is 6.35. The molecule has 2 rings (SSSR count). The molecule has 0 saturated heterocycles. The second kappa shape index (κ2) is 9.81. The Balaban J connectivity index is 1.79. The van der Waals surface area contributed by atoms with E-state index in [-0.39, 0.29) is 18.0 Å². The van der Waals surface area contributed by atoms with Crippen molar-refractivity contribution in [1.82, 2.24) is 10.7 Å². The van der Waals surface area contributed by atoms with Crippen molar-refractivity contribution in [3.63, 3.8) is 0 Å². The maximum atomic E-state index is 12.0. The molecular formula is C19H21N3O5. The lowest BCUT2D eigenvalue weighted by Crippen LogP contribution is -2.34. The lowest BCUT2D eigenvalue weighted by Gasteiger charge is -2.07. The van der Waals surface area contributed by atoms with Crippen molar-refractivity contribution in [2.45, 2.75) is 13.3 Å². The normalized spacial score (nSPS) is 10.6. The van der Waals surface area contributed by atoms with Gasteiger partial charge in [-0.15, -0.1) is 0 Å². The third-order valence-electron chi connectivity index (χ3n) is 3.41. The molecule has 0 aliphatic carbocycles. The number of benzene rings is 2. The molecule has 142 valence electrons. The molecule has 0 heterocycles. The number of carbonyl (C=O) groups excluding carboxylic acids is 2. The second-order valence-corrected chi connectivity index (χ2v) is 5.59. The molecular weight excluding hydrogens is 350 g/mol. The molecule has 0 atom stereocenters. The van der Waals surface area contributed by atoms with Gasteiger partial charge in [0, 0.05) is 17.2 Å². The van der Waals surface area contributed by atoms with Crippen LogP contribution < -0.4 is 15.5 Å². The molecule has 0 fully saturated rings. The number of phenolic OH excluding ortho intramolecular Hbond substituents is 2. The summed E-state index contributed by atoms with van der Waals surface area (Å²) < 4.78 is 5.44. The first kappa shape index (κ1) is 19.8. The van der Waals surface area contributed by atoms with Gasteiger partial charge in [0.1, 0.15) is 17.2 Å². The van der Waals surface area contributed by atoms with E-state index in [9.17, 15) is 19.8 Å². The number of nitrogens with zero attached hydrogens (tertiary/aromatic N) is 1. The van der Waals surface area contributed by atoms with Crippen molar-refractivity contribution in [2.24, 2.45) is 5.10 Å². The zero-order valence-electron chi connectivity index (χ0n) is 14.8. The van der Waals surface area contributed by atoms with Gasteiger partial charge in [-0.05, 0) is 42.8 Å². The molecule has 0 saturated carbocycles. The maximum absolute atomic E-state index is 12.0. The Morgan fingerprint density at radius 2 is 1.89 bits per heavy atom. The van der Waals surface area contributed by atoms with Crippen LogP contribution in [0.25, 0.3) is 0 Å². The SMILES string of the molecule is CCCOc1ccc(C(=O)NCC(=O)N/N=C/c2ccc(O)cc2O)cc1. The average Bonchev–Trinajstić information content (AvgIpc) is 2.66. The highest BCUT2D eigenvalue weighted by Crippen LogP contribution is 2.20. The van der Waals surface area contributed by atoms with E-state index in [1.54, 1.807) is 24.3 Å². The molecule has 2 aromatic carbocycles. The first-order valence-electron chi connectivity index (χ1n) is 8.34. The molecule has 0 aliphatic heterocycles. The highest BCUT2D eigenvalue weighted by Gasteiger charge is 2.08. The van der Waals surface area contributed by atoms with Crippen LogP contribution in [-0.4, -0.2) is 41.4 Å². The highest BCUT2D eigenvalue weighted by atomic mass is 16.5. The molecule has 8 heteroatoms. The Labute approximate surface area is 156 Å². The summed E-state index contributed by atoms with van der Waals surface area (Å²) in [6, 6.07) is 10.6. The average molecular weight is 371 g/mol. The van der Waals surface area contributed by atoms with Gasteiger partial charge in [0.2, 0.25) is 0 Å². The molecule has 0 spiro atoms. The van der Waals surface area contributed by atoms with Crippen LogP contribution in [0, 0.1) is 0 Å². The number of nitrogens with one attached hydrogen (secondary N) is 2. The van der Waals surface area contributed by atoms with Crippen LogP contribution in [0.5, 0.6) is 17.2 Å². The number of ether oxygens (including phenoxy) is 1. The molecule has 0 radical (unpaired) electrons. The number of amides is 2. The predicted octanol–water partition coefficient (Wildman–Crippen LogP) is 1.77. The topological polar surface area (TPSA) is 120 Å². The van der Waals surface area contributed by atoms with E-state index in [4.69, 9.17) is 4.74 Å². The largest absolute Gasteiger partial charge is 0.508 e. The van der Waals surface area contributed by atoms with Crippen LogP contribution in [0.4, 0.5) is 0 Å². The fourth-order valence-electron chi connectivity index (χ4n) is 2.04. The number of hydrazone groups is 1. The Kier molecular flexibility index (Phi) is 7.18. The van der Waals surface area contributed by atoms with Crippen molar-refractivity contribution >= 4 is 18.0 Å². The summed E-state index contributed by atoms with van der Waals surface area (Å²) in [5, 5.41) is 25.0. The lowest BCUT2D eigenvalue weighted by atomic mass is 10.2. The zero-order valence-corrected chi connectivity index (χ0v) is 14.8. The van der Waals surface area contributed by atoms with Gasteiger partial charge in [-0.25, -0.2) is 5.43 Å². The summed E-state index contributed by atoms with van der Waals surface area (Å²) in [6.45, 7) is 2.35. The number of rotatable bonds is 8. The van der Waals surface area contributed by atoms with Crippen LogP contribution >= 0.6 is 0 Å². The fraction of sp³-hybridized carbons (Fsp3) is 0.211. The van der Waals surface area contributed by atoms with Crippen LogP contribution in [0.2, 0.25) is 0 Å². The van der Waals surface area contributed by atoms with E-state index in [1.807, 2.05) is 6.92 Å². The smallest absolute Gasteiger partial charge is 0.259 e. The van der Waals surface area contributed by atoms with E-state index in [0.29, 0.717) is 23.5 Å². The zero-order chi connectivity index (χ0) is 19.6. The van der Waals surface area contributed by atoms with Crippen LogP contribution in [-0.2, 0) is 4.79 Å². The van der Waals surface area contributed by atoms with Crippen molar-refractivity contribution < 1.29 is 24.5 Å². The fourth-order valence-corrected chi connectivity index (χ4v) is 2.04. The van der Waals surface area contributed by atoms with Crippen molar-refractivity contribution in [1.29, 1.82) is 0 Å². The Bertz CT molecular complexity index is 819. The molecule has 8 nitrogen and oxygen atoms in total. The summed E-state index contributed by atoms with van der Waals surface area (Å²) in [5.74, 6) is -0.500.